The molecule has 12 nitrogen and oxygen atoms in total. The normalized spacial score (nSPS) is 24.2. The number of benzene rings is 3. The van der Waals surface area contributed by atoms with Crippen molar-refractivity contribution in [1.82, 2.24) is 0 Å². The zero-order valence-corrected chi connectivity index (χ0v) is 20.3. The number of phenols is 4. The Morgan fingerprint density at radius 1 is 0.795 bits per heavy atom. The number of ketones is 2. The first-order valence-corrected chi connectivity index (χ1v) is 11.8. The van der Waals surface area contributed by atoms with Crippen LogP contribution in [0.25, 0.3) is 0 Å². The Labute approximate surface area is 220 Å². The van der Waals surface area contributed by atoms with E-state index in [2.05, 4.69) is 0 Å². The van der Waals surface area contributed by atoms with Gasteiger partial charge in [0.05, 0.1) is 11.1 Å². The smallest absolute Gasteiger partial charge is 0.229 e. The van der Waals surface area contributed by atoms with Gasteiger partial charge in [0, 0.05) is 23.3 Å². The lowest BCUT2D eigenvalue weighted by molar-refractivity contribution is -0.276. The number of rotatable bonds is 5. The molecule has 1 aliphatic carbocycles. The first-order chi connectivity index (χ1) is 18.5. The summed E-state index contributed by atoms with van der Waals surface area (Å²) in [5.41, 5.74) is 0.265. The first kappa shape index (κ1) is 26.3. The van der Waals surface area contributed by atoms with Crippen molar-refractivity contribution in [2.75, 3.05) is 6.61 Å². The highest BCUT2D eigenvalue weighted by Gasteiger charge is 2.46. The zero-order valence-electron chi connectivity index (χ0n) is 20.3. The molecule has 3 aromatic carbocycles. The molecular formula is C27H24O12. The number of carbonyl (C=O) groups is 2. The van der Waals surface area contributed by atoms with Crippen molar-refractivity contribution in [2.45, 2.75) is 37.6 Å². The summed E-state index contributed by atoms with van der Waals surface area (Å²) >= 11 is 0. The number of aliphatic hydroxyl groups excluding tert-OH is 3. The molecule has 0 amide bonds. The minimum Gasteiger partial charge on any atom is -0.507 e. The number of ether oxygens (including phenoxy) is 3. The molecule has 1 saturated heterocycles. The number of hydrogen-bond acceptors (Lipinski definition) is 12. The van der Waals surface area contributed by atoms with Crippen LogP contribution in [0.1, 0.15) is 37.4 Å². The molecule has 0 bridgehead atoms. The number of fused-ring (bicyclic) bond motifs is 2. The van der Waals surface area contributed by atoms with Crippen LogP contribution in [0, 0.1) is 6.92 Å². The Bertz CT molecular complexity index is 1460. The maximum Gasteiger partial charge on any atom is 0.229 e. The van der Waals surface area contributed by atoms with Gasteiger partial charge in [-0.1, -0.05) is 12.1 Å². The van der Waals surface area contributed by atoms with Crippen LogP contribution >= 0.6 is 0 Å². The third-order valence-corrected chi connectivity index (χ3v) is 6.60. The maximum absolute atomic E-state index is 13.4. The number of carbonyl (C=O) groups excluding carboxylic acids is 2. The summed E-state index contributed by atoms with van der Waals surface area (Å²) in [4.78, 5) is 26.5. The van der Waals surface area contributed by atoms with Crippen molar-refractivity contribution in [2.24, 2.45) is 0 Å². The lowest BCUT2D eigenvalue weighted by atomic mass is 9.82. The number of aliphatic hydroxyl groups is 3. The highest BCUT2D eigenvalue weighted by atomic mass is 16.7. The van der Waals surface area contributed by atoms with E-state index in [0.717, 1.165) is 12.1 Å². The van der Waals surface area contributed by atoms with Crippen LogP contribution < -0.4 is 9.47 Å². The van der Waals surface area contributed by atoms with Crippen molar-refractivity contribution in [3.05, 3.63) is 70.3 Å². The van der Waals surface area contributed by atoms with Crippen LogP contribution in [0.2, 0.25) is 0 Å². The van der Waals surface area contributed by atoms with E-state index >= 15 is 0 Å². The Morgan fingerprint density at radius 3 is 2.18 bits per heavy atom. The second-order valence-corrected chi connectivity index (χ2v) is 9.30. The van der Waals surface area contributed by atoms with Crippen LogP contribution in [-0.4, -0.2) is 84.6 Å². The van der Waals surface area contributed by atoms with Crippen molar-refractivity contribution in [1.29, 1.82) is 0 Å². The summed E-state index contributed by atoms with van der Waals surface area (Å²) in [5, 5.41) is 70.6. The fraction of sp³-hybridized carbons (Fsp3) is 0.259. The van der Waals surface area contributed by atoms with E-state index in [1.54, 1.807) is 6.92 Å². The predicted molar refractivity (Wildman–Crippen MR) is 130 cm³/mol. The highest BCUT2D eigenvalue weighted by Crippen LogP contribution is 2.40. The average Bonchev–Trinajstić information content (AvgIpc) is 2.89. The molecule has 0 aromatic heterocycles. The molecule has 5 rings (SSSR count). The van der Waals surface area contributed by atoms with Crippen LogP contribution in [0.4, 0.5) is 0 Å². The second-order valence-electron chi connectivity index (χ2n) is 9.30. The summed E-state index contributed by atoms with van der Waals surface area (Å²) in [5.74, 6) is -3.94. The number of hydrogen-bond donors (Lipinski definition) is 7. The Morgan fingerprint density at radius 2 is 1.49 bits per heavy atom. The lowest BCUT2D eigenvalue weighted by Crippen LogP contribution is -2.60. The fourth-order valence-corrected chi connectivity index (χ4v) is 4.63. The zero-order chi connectivity index (χ0) is 28.2. The van der Waals surface area contributed by atoms with E-state index in [9.17, 15) is 45.3 Å². The fourth-order valence-electron chi connectivity index (χ4n) is 4.63. The van der Waals surface area contributed by atoms with Gasteiger partial charge in [-0.05, 0) is 30.7 Å². The summed E-state index contributed by atoms with van der Waals surface area (Å²) in [6, 6.07) is 9.05. The summed E-state index contributed by atoms with van der Waals surface area (Å²) in [6.07, 6.45) is -8.16. The number of aryl methyl sites for hydroxylation is 1. The molecule has 7 N–H and O–H groups in total. The molecule has 1 aliphatic heterocycles. The maximum atomic E-state index is 13.4. The van der Waals surface area contributed by atoms with Crippen molar-refractivity contribution >= 4 is 11.6 Å². The number of aromatic hydroxyl groups is 4. The standard InChI is InChI=1S/C27H24O12/c1-10-5-13-19(14(28)6-10)24(34)20-12(21(13)31)3-2-4-17(20)38-27-26(36)25(35)23(33)18(39-27)9-37-11-7-15(29)22(32)16(30)8-11/h2-8,18,23,25-30,32-33,35-36H,9H2,1H3. The van der Waals surface area contributed by atoms with Gasteiger partial charge in [-0.15, -0.1) is 0 Å². The largest absolute Gasteiger partial charge is 0.507 e. The summed E-state index contributed by atoms with van der Waals surface area (Å²) in [6.45, 7) is 1.21. The van der Waals surface area contributed by atoms with Gasteiger partial charge in [0.25, 0.3) is 0 Å². The number of phenolic OH excluding ortho intramolecular Hbond substituents is 4. The minimum atomic E-state index is -1.79. The minimum absolute atomic E-state index is 0.00714. The third kappa shape index (κ3) is 4.49. The van der Waals surface area contributed by atoms with Gasteiger partial charge in [-0.25, -0.2) is 0 Å². The van der Waals surface area contributed by atoms with Gasteiger partial charge in [0.1, 0.15) is 48.3 Å². The van der Waals surface area contributed by atoms with Gasteiger partial charge < -0.3 is 50.0 Å². The molecule has 0 saturated carbocycles. The average molecular weight is 540 g/mol. The molecule has 5 unspecified atom stereocenters. The molecule has 0 radical (unpaired) electrons. The molecule has 1 fully saturated rings. The van der Waals surface area contributed by atoms with Crippen molar-refractivity contribution in [3.63, 3.8) is 0 Å². The molecule has 5 atom stereocenters. The van der Waals surface area contributed by atoms with Gasteiger partial charge in [-0.2, -0.15) is 0 Å². The third-order valence-electron chi connectivity index (χ3n) is 6.60. The van der Waals surface area contributed by atoms with E-state index in [1.807, 2.05) is 0 Å². The molecule has 1 heterocycles. The summed E-state index contributed by atoms with van der Waals surface area (Å²) < 4.78 is 16.8. The lowest BCUT2D eigenvalue weighted by Gasteiger charge is -2.40. The molecule has 39 heavy (non-hydrogen) atoms. The van der Waals surface area contributed by atoms with E-state index in [-0.39, 0.29) is 39.5 Å². The molecule has 3 aromatic rings. The highest BCUT2D eigenvalue weighted by molar-refractivity contribution is 6.30. The van der Waals surface area contributed by atoms with Gasteiger partial charge in [-0.3, -0.25) is 9.59 Å². The molecule has 12 heteroatoms. The molecule has 0 spiro atoms. The Hall–Kier alpha value is -4.36. The van der Waals surface area contributed by atoms with Crippen molar-refractivity contribution < 1.29 is 59.5 Å². The van der Waals surface area contributed by atoms with Crippen LogP contribution in [0.15, 0.2) is 42.5 Å². The molecule has 2 aliphatic rings. The first-order valence-electron chi connectivity index (χ1n) is 11.8. The SMILES string of the molecule is Cc1cc(O)c2c(c1)C(=O)c1cccc(OC3OC(COc4cc(O)c(O)c(O)c4)C(O)C(O)C3O)c1C2=O. The quantitative estimate of drug-likeness (QED) is 0.176. The van der Waals surface area contributed by atoms with Crippen LogP contribution in [0.5, 0.6) is 34.5 Å². The van der Waals surface area contributed by atoms with Gasteiger partial charge >= 0.3 is 0 Å². The van der Waals surface area contributed by atoms with E-state index in [0.29, 0.717) is 5.56 Å². The van der Waals surface area contributed by atoms with E-state index < -0.39 is 66.1 Å². The van der Waals surface area contributed by atoms with Crippen LogP contribution in [0.3, 0.4) is 0 Å². The van der Waals surface area contributed by atoms with Crippen molar-refractivity contribution in [3.8, 4) is 34.5 Å². The van der Waals surface area contributed by atoms with Gasteiger partial charge in [0.15, 0.2) is 17.3 Å². The van der Waals surface area contributed by atoms with Gasteiger partial charge in [0.2, 0.25) is 17.8 Å². The topological polar surface area (TPSA) is 203 Å². The Balaban J connectivity index is 1.41. The molecule has 204 valence electrons. The van der Waals surface area contributed by atoms with Crippen LogP contribution in [-0.2, 0) is 4.74 Å². The Kier molecular flexibility index (Phi) is 6.56. The summed E-state index contributed by atoms with van der Waals surface area (Å²) in [7, 11) is 0. The van der Waals surface area contributed by atoms with E-state index in [1.165, 1.54) is 30.3 Å². The second kappa shape index (κ2) is 9.75. The predicted octanol–water partition coefficient (Wildman–Crippen LogP) is 0.858. The van der Waals surface area contributed by atoms with E-state index in [4.69, 9.17) is 14.2 Å². The molecular weight excluding hydrogens is 516 g/mol. The monoisotopic (exact) mass is 540 g/mol.